The fourth-order valence-corrected chi connectivity index (χ4v) is 3.17. The number of carbonyl (C=O) groups is 2. The smallest absolute Gasteiger partial charge is 0.275 e. The lowest BCUT2D eigenvalue weighted by Gasteiger charge is -2.07. The molecular formula is C25H21FN4O2. The molecule has 1 aromatic heterocycles. The number of amides is 2. The topological polar surface area (TPSA) is 76.0 Å². The van der Waals surface area contributed by atoms with Crippen molar-refractivity contribution in [2.75, 3.05) is 10.6 Å². The normalized spacial score (nSPS) is 10.6. The van der Waals surface area contributed by atoms with Crippen LogP contribution in [0.4, 0.5) is 15.8 Å². The molecule has 0 fully saturated rings. The molecule has 6 nitrogen and oxygen atoms in total. The number of aryl methyl sites for hydroxylation is 1. The largest absolute Gasteiger partial charge is 0.332 e. The lowest BCUT2D eigenvalue weighted by Crippen LogP contribution is -2.13. The number of hydrogen-bond acceptors (Lipinski definition) is 3. The number of anilines is 2. The molecule has 2 N–H and O–H groups in total. The Morgan fingerprint density at radius 3 is 2.34 bits per heavy atom. The molecule has 0 aliphatic rings. The number of para-hydroxylation sites is 1. The summed E-state index contributed by atoms with van der Waals surface area (Å²) in [6.45, 7) is 2.46. The van der Waals surface area contributed by atoms with Crippen molar-refractivity contribution < 1.29 is 14.0 Å². The molecule has 4 aromatic rings. The second-order valence-electron chi connectivity index (χ2n) is 7.36. The van der Waals surface area contributed by atoms with Crippen LogP contribution in [0.5, 0.6) is 0 Å². The average molecular weight is 428 g/mol. The van der Waals surface area contributed by atoms with Gasteiger partial charge in [-0.05, 0) is 60.5 Å². The number of rotatable bonds is 6. The maximum Gasteiger partial charge on any atom is 0.275 e. The van der Waals surface area contributed by atoms with Gasteiger partial charge >= 0.3 is 0 Å². The summed E-state index contributed by atoms with van der Waals surface area (Å²) in [4.78, 5) is 28.9. The summed E-state index contributed by atoms with van der Waals surface area (Å²) in [5.41, 5.74) is 4.05. The molecular weight excluding hydrogens is 407 g/mol. The van der Waals surface area contributed by atoms with E-state index in [0.29, 0.717) is 23.5 Å². The van der Waals surface area contributed by atoms with Gasteiger partial charge in [0.2, 0.25) is 0 Å². The third-order valence-corrected chi connectivity index (χ3v) is 4.94. The number of hydrogen-bond donors (Lipinski definition) is 2. The Bertz CT molecular complexity index is 1250. The summed E-state index contributed by atoms with van der Waals surface area (Å²) in [5.74, 6) is -0.963. The van der Waals surface area contributed by atoms with Gasteiger partial charge in [-0.1, -0.05) is 30.3 Å². The Hall–Kier alpha value is -4.26. The molecule has 0 aliphatic heterocycles. The van der Waals surface area contributed by atoms with Crippen LogP contribution in [0.2, 0.25) is 0 Å². The van der Waals surface area contributed by atoms with Gasteiger partial charge in [-0.15, -0.1) is 0 Å². The minimum Gasteiger partial charge on any atom is -0.332 e. The number of nitrogens with zero attached hydrogens (tertiary/aromatic N) is 2. The van der Waals surface area contributed by atoms with Gasteiger partial charge in [-0.3, -0.25) is 9.59 Å². The molecule has 0 saturated carbocycles. The quantitative estimate of drug-likeness (QED) is 0.459. The van der Waals surface area contributed by atoms with Crippen molar-refractivity contribution >= 4 is 23.2 Å². The van der Waals surface area contributed by atoms with E-state index in [2.05, 4.69) is 15.6 Å². The average Bonchev–Trinajstić information content (AvgIpc) is 3.26. The molecule has 3 aromatic carbocycles. The zero-order valence-corrected chi connectivity index (χ0v) is 17.4. The van der Waals surface area contributed by atoms with E-state index in [1.165, 1.54) is 24.3 Å². The third-order valence-electron chi connectivity index (χ3n) is 4.94. The predicted octanol–water partition coefficient (Wildman–Crippen LogP) is 4.88. The number of carbonyl (C=O) groups excluding carboxylic acids is 2. The van der Waals surface area contributed by atoms with Gasteiger partial charge < -0.3 is 15.2 Å². The second-order valence-corrected chi connectivity index (χ2v) is 7.36. The van der Waals surface area contributed by atoms with E-state index in [1.807, 2.05) is 47.9 Å². The van der Waals surface area contributed by atoms with E-state index in [0.717, 1.165) is 16.8 Å². The van der Waals surface area contributed by atoms with Crippen molar-refractivity contribution in [3.05, 3.63) is 114 Å². The Kier molecular flexibility index (Phi) is 6.07. The highest BCUT2D eigenvalue weighted by molar-refractivity contribution is 6.04. The molecule has 2 amide bonds. The number of nitrogens with one attached hydrogen (secondary N) is 2. The lowest BCUT2D eigenvalue weighted by atomic mass is 10.1. The highest BCUT2D eigenvalue weighted by Crippen LogP contribution is 2.16. The Morgan fingerprint density at radius 1 is 0.906 bits per heavy atom. The van der Waals surface area contributed by atoms with Crippen molar-refractivity contribution in [3.8, 4) is 0 Å². The molecule has 0 radical (unpaired) electrons. The van der Waals surface area contributed by atoms with Crippen LogP contribution in [-0.4, -0.2) is 21.4 Å². The van der Waals surface area contributed by atoms with Gasteiger partial charge in [0, 0.05) is 29.7 Å². The standard InChI is InChI=1S/C25H21FN4O2/c1-17-4-2-3-5-22(17)29-25(32)23-15-30(16-27-23)14-18-6-12-21(13-7-18)28-24(31)19-8-10-20(26)11-9-19/h2-13,15-16H,14H2,1H3,(H,28,31)(H,29,32). The summed E-state index contributed by atoms with van der Waals surface area (Å²) in [6.07, 6.45) is 3.30. The van der Waals surface area contributed by atoms with E-state index in [-0.39, 0.29) is 17.6 Å². The fraction of sp³-hybridized carbons (Fsp3) is 0.0800. The predicted molar refractivity (Wildman–Crippen MR) is 121 cm³/mol. The molecule has 0 aliphatic carbocycles. The number of halogens is 1. The van der Waals surface area contributed by atoms with Gasteiger partial charge in [0.1, 0.15) is 11.5 Å². The van der Waals surface area contributed by atoms with Gasteiger partial charge in [0.15, 0.2) is 0 Å². The van der Waals surface area contributed by atoms with E-state index < -0.39 is 0 Å². The summed E-state index contributed by atoms with van der Waals surface area (Å²) < 4.78 is 14.8. The van der Waals surface area contributed by atoms with E-state index in [4.69, 9.17) is 0 Å². The molecule has 0 spiro atoms. The molecule has 160 valence electrons. The summed E-state index contributed by atoms with van der Waals surface area (Å²) in [6, 6.07) is 20.3. The van der Waals surface area contributed by atoms with Crippen molar-refractivity contribution in [2.24, 2.45) is 0 Å². The monoisotopic (exact) mass is 428 g/mol. The molecule has 1 heterocycles. The van der Waals surface area contributed by atoms with Crippen LogP contribution in [0, 0.1) is 12.7 Å². The Balaban J connectivity index is 1.36. The molecule has 0 bridgehead atoms. The maximum absolute atomic E-state index is 13.0. The van der Waals surface area contributed by atoms with E-state index in [1.54, 1.807) is 24.7 Å². The first kappa shape index (κ1) is 21.0. The third kappa shape index (κ3) is 5.07. The summed E-state index contributed by atoms with van der Waals surface area (Å²) >= 11 is 0. The van der Waals surface area contributed by atoms with Crippen LogP contribution in [0.25, 0.3) is 0 Å². The first-order valence-corrected chi connectivity index (χ1v) is 10.0. The minimum absolute atomic E-state index is 0.267. The van der Waals surface area contributed by atoms with Gasteiger partial charge in [-0.2, -0.15) is 0 Å². The number of imidazole rings is 1. The second kappa shape index (κ2) is 9.26. The van der Waals surface area contributed by atoms with Crippen LogP contribution < -0.4 is 10.6 Å². The van der Waals surface area contributed by atoms with Crippen LogP contribution in [-0.2, 0) is 6.54 Å². The number of aromatic nitrogens is 2. The molecule has 4 rings (SSSR count). The first-order chi connectivity index (χ1) is 15.5. The van der Waals surface area contributed by atoms with Gasteiger partial charge in [-0.25, -0.2) is 9.37 Å². The minimum atomic E-state index is -0.388. The van der Waals surface area contributed by atoms with Crippen molar-refractivity contribution in [1.82, 2.24) is 9.55 Å². The van der Waals surface area contributed by atoms with Crippen LogP contribution >= 0.6 is 0 Å². The van der Waals surface area contributed by atoms with Crippen LogP contribution in [0.1, 0.15) is 32.0 Å². The fourth-order valence-electron chi connectivity index (χ4n) is 3.17. The summed E-state index contributed by atoms with van der Waals surface area (Å²) in [7, 11) is 0. The zero-order valence-electron chi connectivity index (χ0n) is 17.4. The van der Waals surface area contributed by atoms with Crippen molar-refractivity contribution in [3.63, 3.8) is 0 Å². The highest BCUT2D eigenvalue weighted by atomic mass is 19.1. The SMILES string of the molecule is Cc1ccccc1NC(=O)c1cn(Cc2ccc(NC(=O)c3ccc(F)cc3)cc2)cn1. The lowest BCUT2D eigenvalue weighted by molar-refractivity contribution is 0.101. The first-order valence-electron chi connectivity index (χ1n) is 10.0. The van der Waals surface area contributed by atoms with E-state index in [9.17, 15) is 14.0 Å². The zero-order chi connectivity index (χ0) is 22.5. The molecule has 0 saturated heterocycles. The molecule has 7 heteroatoms. The Labute approximate surface area is 184 Å². The summed E-state index contributed by atoms with van der Waals surface area (Å²) in [5, 5.41) is 5.65. The maximum atomic E-state index is 13.0. The molecule has 32 heavy (non-hydrogen) atoms. The van der Waals surface area contributed by atoms with Crippen molar-refractivity contribution in [1.29, 1.82) is 0 Å². The van der Waals surface area contributed by atoms with Gasteiger partial charge in [0.05, 0.1) is 6.33 Å². The van der Waals surface area contributed by atoms with Crippen LogP contribution in [0.15, 0.2) is 85.3 Å². The van der Waals surface area contributed by atoms with Crippen molar-refractivity contribution in [2.45, 2.75) is 13.5 Å². The number of benzene rings is 3. The Morgan fingerprint density at radius 2 is 1.62 bits per heavy atom. The van der Waals surface area contributed by atoms with Crippen LogP contribution in [0.3, 0.4) is 0 Å². The molecule has 0 atom stereocenters. The van der Waals surface area contributed by atoms with Gasteiger partial charge in [0.25, 0.3) is 11.8 Å². The molecule has 0 unspecified atom stereocenters. The van der Waals surface area contributed by atoms with E-state index >= 15 is 0 Å². The highest BCUT2D eigenvalue weighted by Gasteiger charge is 2.11.